The molecule has 1 spiro atoms. The van der Waals surface area contributed by atoms with Gasteiger partial charge in [-0.25, -0.2) is 0 Å². The highest BCUT2D eigenvalue weighted by atomic mass is 16.5. The van der Waals surface area contributed by atoms with Gasteiger partial charge in [-0.05, 0) is 36.8 Å². The first-order valence-electron chi connectivity index (χ1n) is 8.53. The largest absolute Gasteiger partial charge is 0.497 e. The summed E-state index contributed by atoms with van der Waals surface area (Å²) in [5, 5.41) is 3.59. The molecule has 0 radical (unpaired) electrons. The Morgan fingerprint density at radius 2 is 2.17 bits per heavy atom. The van der Waals surface area contributed by atoms with Crippen LogP contribution in [0.15, 0.2) is 47.3 Å². The van der Waals surface area contributed by atoms with Crippen LogP contribution in [0.2, 0.25) is 0 Å². The van der Waals surface area contributed by atoms with Gasteiger partial charge in [0.25, 0.3) is 0 Å². The Bertz CT molecular complexity index is 656. The first kappa shape index (κ1) is 15.5. The molecule has 2 aromatic rings. The highest BCUT2D eigenvalue weighted by Gasteiger charge is 2.45. The van der Waals surface area contributed by atoms with E-state index >= 15 is 0 Å². The van der Waals surface area contributed by atoms with Gasteiger partial charge < -0.3 is 19.2 Å². The fraction of sp³-hybridized carbons (Fsp3) is 0.474. The van der Waals surface area contributed by atoms with Gasteiger partial charge in [-0.1, -0.05) is 0 Å². The number of ether oxygens (including phenoxy) is 2. The van der Waals surface area contributed by atoms with Crippen molar-refractivity contribution in [2.45, 2.75) is 31.0 Å². The lowest BCUT2D eigenvalue weighted by Crippen LogP contribution is -2.33. The minimum atomic E-state index is 0.00781. The molecule has 0 bridgehead atoms. The Hall–Kier alpha value is -1.98. The van der Waals surface area contributed by atoms with E-state index in [0.717, 1.165) is 50.5 Å². The minimum absolute atomic E-state index is 0.00781. The molecule has 5 nitrogen and oxygen atoms in total. The molecule has 2 saturated heterocycles. The standard InChI is InChI=1S/C19H24N2O3/c1-22-18-4-2-16(3-5-18)20-17-10-19(24-13-17)7-8-21(14-19)11-15-6-9-23-12-15/h2-6,9,12,17,20H,7-8,10-11,13-14H2,1H3/t17-,19+/m0/s1. The van der Waals surface area contributed by atoms with Crippen LogP contribution in [0.1, 0.15) is 18.4 Å². The molecule has 24 heavy (non-hydrogen) atoms. The van der Waals surface area contributed by atoms with E-state index in [9.17, 15) is 0 Å². The first-order valence-corrected chi connectivity index (χ1v) is 8.53. The second-order valence-corrected chi connectivity index (χ2v) is 6.86. The smallest absolute Gasteiger partial charge is 0.119 e. The van der Waals surface area contributed by atoms with E-state index in [-0.39, 0.29) is 5.60 Å². The molecule has 1 aromatic carbocycles. The number of nitrogens with one attached hydrogen (secondary N) is 1. The van der Waals surface area contributed by atoms with E-state index in [1.54, 1.807) is 13.4 Å². The fourth-order valence-electron chi connectivity index (χ4n) is 3.85. The fourth-order valence-corrected chi connectivity index (χ4v) is 3.85. The second kappa shape index (κ2) is 6.49. The summed E-state index contributed by atoms with van der Waals surface area (Å²) < 4.78 is 16.6. The Kier molecular flexibility index (Phi) is 4.21. The molecule has 5 heteroatoms. The van der Waals surface area contributed by atoms with Gasteiger partial charge in [0, 0.05) is 37.3 Å². The van der Waals surface area contributed by atoms with Crippen LogP contribution in [0.25, 0.3) is 0 Å². The van der Waals surface area contributed by atoms with Crippen molar-refractivity contribution in [1.82, 2.24) is 4.90 Å². The van der Waals surface area contributed by atoms with Gasteiger partial charge in [-0.15, -0.1) is 0 Å². The number of benzene rings is 1. The minimum Gasteiger partial charge on any atom is -0.497 e. The van der Waals surface area contributed by atoms with Crippen molar-refractivity contribution in [3.63, 3.8) is 0 Å². The van der Waals surface area contributed by atoms with Crippen LogP contribution in [0.3, 0.4) is 0 Å². The second-order valence-electron chi connectivity index (χ2n) is 6.86. The van der Waals surface area contributed by atoms with Crippen molar-refractivity contribution in [1.29, 1.82) is 0 Å². The van der Waals surface area contributed by atoms with Gasteiger partial charge in [0.1, 0.15) is 5.75 Å². The molecule has 2 atom stereocenters. The summed E-state index contributed by atoms with van der Waals surface area (Å²) in [4.78, 5) is 2.46. The zero-order valence-electron chi connectivity index (χ0n) is 14.0. The lowest BCUT2D eigenvalue weighted by molar-refractivity contribution is 0.0120. The Balaban J connectivity index is 1.32. The highest BCUT2D eigenvalue weighted by Crippen LogP contribution is 2.36. The summed E-state index contributed by atoms with van der Waals surface area (Å²) >= 11 is 0. The van der Waals surface area contributed by atoms with Crippen LogP contribution in [-0.4, -0.2) is 43.3 Å². The van der Waals surface area contributed by atoms with Gasteiger partial charge in [0.05, 0.1) is 37.9 Å². The molecule has 4 rings (SSSR count). The van der Waals surface area contributed by atoms with Crippen LogP contribution in [0.5, 0.6) is 5.75 Å². The number of likely N-dealkylation sites (tertiary alicyclic amines) is 1. The summed E-state index contributed by atoms with van der Waals surface area (Å²) in [6.45, 7) is 3.79. The molecule has 1 aromatic heterocycles. The molecule has 3 heterocycles. The molecular weight excluding hydrogens is 304 g/mol. The number of rotatable bonds is 5. The van der Waals surface area contributed by atoms with Crippen LogP contribution in [0, 0.1) is 0 Å². The van der Waals surface area contributed by atoms with Crippen LogP contribution in [0.4, 0.5) is 5.69 Å². The number of furan rings is 1. The zero-order valence-corrected chi connectivity index (χ0v) is 14.0. The van der Waals surface area contributed by atoms with Gasteiger partial charge >= 0.3 is 0 Å². The summed E-state index contributed by atoms with van der Waals surface area (Å²) in [6, 6.07) is 10.5. The Morgan fingerprint density at radius 3 is 2.92 bits per heavy atom. The van der Waals surface area contributed by atoms with E-state index < -0.39 is 0 Å². The maximum absolute atomic E-state index is 6.23. The van der Waals surface area contributed by atoms with Crippen molar-refractivity contribution >= 4 is 5.69 Å². The predicted molar refractivity (Wildman–Crippen MR) is 92.3 cm³/mol. The lowest BCUT2D eigenvalue weighted by atomic mass is 9.97. The van der Waals surface area contributed by atoms with Crippen molar-refractivity contribution in [2.24, 2.45) is 0 Å². The van der Waals surface area contributed by atoms with Crippen molar-refractivity contribution in [3.05, 3.63) is 48.4 Å². The molecule has 128 valence electrons. The SMILES string of the molecule is COc1ccc(N[C@@H]2CO[C@]3(CCN(Cc4ccoc4)C3)C2)cc1. The maximum Gasteiger partial charge on any atom is 0.119 e. The molecule has 0 amide bonds. The molecule has 2 aliphatic rings. The van der Waals surface area contributed by atoms with E-state index in [0.29, 0.717) is 6.04 Å². The Labute approximate surface area is 142 Å². The van der Waals surface area contributed by atoms with Gasteiger partial charge in [0.2, 0.25) is 0 Å². The Morgan fingerprint density at radius 1 is 1.29 bits per heavy atom. The molecular formula is C19H24N2O3. The highest BCUT2D eigenvalue weighted by molar-refractivity contribution is 5.47. The normalized spacial score (nSPS) is 27.0. The number of anilines is 1. The average molecular weight is 328 g/mol. The topological polar surface area (TPSA) is 46.9 Å². The number of nitrogens with zero attached hydrogens (tertiary/aromatic N) is 1. The summed E-state index contributed by atoms with van der Waals surface area (Å²) in [7, 11) is 1.69. The summed E-state index contributed by atoms with van der Waals surface area (Å²) in [6.07, 6.45) is 5.73. The average Bonchev–Trinajstić information content (AvgIpc) is 3.33. The maximum atomic E-state index is 6.23. The first-order chi connectivity index (χ1) is 11.7. The molecule has 2 fully saturated rings. The third kappa shape index (κ3) is 3.28. The molecule has 0 aliphatic carbocycles. The summed E-state index contributed by atoms with van der Waals surface area (Å²) in [5.74, 6) is 0.880. The van der Waals surface area contributed by atoms with Gasteiger partial charge in [-0.2, -0.15) is 0 Å². The zero-order chi connectivity index (χ0) is 16.4. The molecule has 0 saturated carbocycles. The van der Waals surface area contributed by atoms with Crippen molar-refractivity contribution < 1.29 is 13.9 Å². The third-order valence-corrected chi connectivity index (χ3v) is 5.05. The molecule has 1 N–H and O–H groups in total. The van der Waals surface area contributed by atoms with E-state index in [1.807, 2.05) is 24.5 Å². The van der Waals surface area contributed by atoms with Gasteiger partial charge in [0.15, 0.2) is 0 Å². The van der Waals surface area contributed by atoms with E-state index in [2.05, 4.69) is 22.3 Å². The van der Waals surface area contributed by atoms with E-state index in [4.69, 9.17) is 13.9 Å². The molecule has 0 unspecified atom stereocenters. The van der Waals surface area contributed by atoms with Crippen molar-refractivity contribution in [3.8, 4) is 5.75 Å². The molecule has 2 aliphatic heterocycles. The monoisotopic (exact) mass is 328 g/mol. The van der Waals surface area contributed by atoms with Crippen LogP contribution in [-0.2, 0) is 11.3 Å². The van der Waals surface area contributed by atoms with Crippen LogP contribution >= 0.6 is 0 Å². The van der Waals surface area contributed by atoms with Crippen molar-refractivity contribution in [2.75, 3.05) is 32.1 Å². The number of methoxy groups -OCH3 is 1. The third-order valence-electron chi connectivity index (χ3n) is 5.05. The van der Waals surface area contributed by atoms with Gasteiger partial charge in [-0.3, -0.25) is 4.90 Å². The number of hydrogen-bond donors (Lipinski definition) is 1. The number of hydrogen-bond acceptors (Lipinski definition) is 5. The predicted octanol–water partition coefficient (Wildman–Crippen LogP) is 3.13. The van der Waals surface area contributed by atoms with Crippen LogP contribution < -0.4 is 10.1 Å². The summed E-state index contributed by atoms with van der Waals surface area (Å²) in [5.41, 5.74) is 2.36. The van der Waals surface area contributed by atoms with E-state index in [1.165, 1.54) is 5.56 Å². The lowest BCUT2D eigenvalue weighted by Gasteiger charge is -2.23. The quantitative estimate of drug-likeness (QED) is 0.914.